The minimum absolute atomic E-state index is 0.206. The topological polar surface area (TPSA) is 89.7 Å². The van der Waals surface area contributed by atoms with Gasteiger partial charge in [0.2, 0.25) is 0 Å². The average molecular weight is 337 g/mol. The van der Waals surface area contributed by atoms with E-state index in [0.29, 0.717) is 50.0 Å². The summed E-state index contributed by atoms with van der Waals surface area (Å²) >= 11 is 5.91. The van der Waals surface area contributed by atoms with Crippen LogP contribution in [0.2, 0.25) is 5.02 Å². The predicted octanol–water partition coefficient (Wildman–Crippen LogP) is 0.972. The minimum atomic E-state index is -0.905. The lowest BCUT2D eigenvalue weighted by atomic mass is 9.95. The smallest absolute Gasteiger partial charge is 0.326 e. The van der Waals surface area contributed by atoms with Gasteiger partial charge in [0.05, 0.1) is 11.6 Å². The van der Waals surface area contributed by atoms with Gasteiger partial charge in [-0.3, -0.25) is 9.69 Å². The number of halogens is 1. The van der Waals surface area contributed by atoms with E-state index in [4.69, 9.17) is 21.6 Å². The van der Waals surface area contributed by atoms with Crippen LogP contribution in [0.1, 0.15) is 12.1 Å². The summed E-state index contributed by atoms with van der Waals surface area (Å²) in [7, 11) is 0. The molecule has 0 bridgehead atoms. The quantitative estimate of drug-likeness (QED) is 0.879. The van der Waals surface area contributed by atoms with Crippen LogP contribution in [0.15, 0.2) is 12.1 Å². The normalized spacial score (nSPS) is 25.3. The lowest BCUT2D eigenvalue weighted by molar-refractivity contribution is -0.152. The number of hydrogen-bond donors (Lipinski definition) is 1. The van der Waals surface area contributed by atoms with Crippen LogP contribution in [0.4, 0.5) is 5.82 Å². The average Bonchev–Trinajstić information content (AvgIpc) is 3.07. The molecule has 23 heavy (non-hydrogen) atoms. The van der Waals surface area contributed by atoms with Crippen LogP contribution in [0.3, 0.4) is 0 Å². The van der Waals surface area contributed by atoms with Crippen LogP contribution in [0.5, 0.6) is 0 Å². The number of nitriles is 1. The van der Waals surface area contributed by atoms with E-state index >= 15 is 0 Å². The number of carbonyl (C=O) groups is 1. The number of hydrogen-bond acceptors (Lipinski definition) is 6. The van der Waals surface area contributed by atoms with Crippen LogP contribution in [0, 0.1) is 11.3 Å². The summed E-state index contributed by atoms with van der Waals surface area (Å²) in [5, 5.41) is 19.0. The largest absolute Gasteiger partial charge is 0.480 e. The van der Waals surface area contributed by atoms with Gasteiger partial charge in [-0.25, -0.2) is 4.98 Å². The van der Waals surface area contributed by atoms with Crippen molar-refractivity contribution in [3.8, 4) is 6.07 Å². The molecule has 1 aromatic rings. The summed E-state index contributed by atoms with van der Waals surface area (Å²) in [4.78, 5) is 20.0. The highest BCUT2D eigenvalue weighted by Gasteiger charge is 2.48. The van der Waals surface area contributed by atoms with Crippen molar-refractivity contribution in [1.29, 1.82) is 5.26 Å². The number of aliphatic carboxylic acids is 1. The standard InChI is InChI=1S/C15H17ClN4O3/c16-11-1-2-13(18-12(11)9-17)19-4-6-20(7-5-19)15(14(21)22)3-8-23-10-15/h1-2H,3-8,10H2,(H,21,22). The Morgan fingerprint density at radius 2 is 2.13 bits per heavy atom. The zero-order chi connectivity index (χ0) is 16.4. The fourth-order valence-corrected chi connectivity index (χ4v) is 3.30. The van der Waals surface area contributed by atoms with E-state index in [9.17, 15) is 9.90 Å². The highest BCUT2D eigenvalue weighted by atomic mass is 35.5. The molecule has 0 saturated carbocycles. The van der Waals surface area contributed by atoms with Crippen molar-refractivity contribution in [3.05, 3.63) is 22.8 Å². The number of nitrogens with zero attached hydrogens (tertiary/aromatic N) is 4. The molecule has 8 heteroatoms. The SMILES string of the molecule is N#Cc1nc(N2CCN(C3(C(=O)O)CCOC3)CC2)ccc1Cl. The van der Waals surface area contributed by atoms with E-state index in [1.807, 2.05) is 15.9 Å². The molecular formula is C15H17ClN4O3. The third-order valence-corrected chi connectivity index (χ3v) is 4.85. The molecule has 122 valence electrons. The number of anilines is 1. The van der Waals surface area contributed by atoms with Gasteiger partial charge in [0.25, 0.3) is 0 Å². The summed E-state index contributed by atoms with van der Waals surface area (Å²) in [6.45, 7) is 3.24. The van der Waals surface area contributed by atoms with Gasteiger partial charge in [0.15, 0.2) is 5.69 Å². The van der Waals surface area contributed by atoms with Gasteiger partial charge in [-0.2, -0.15) is 5.26 Å². The number of aromatic nitrogens is 1. The highest BCUT2D eigenvalue weighted by Crippen LogP contribution is 2.29. The van der Waals surface area contributed by atoms with Crippen LogP contribution in [0.25, 0.3) is 0 Å². The maximum absolute atomic E-state index is 11.7. The molecule has 2 aliphatic heterocycles. The van der Waals surface area contributed by atoms with E-state index in [0.717, 1.165) is 0 Å². The van der Waals surface area contributed by atoms with Gasteiger partial charge >= 0.3 is 5.97 Å². The lowest BCUT2D eigenvalue weighted by Gasteiger charge is -2.42. The Kier molecular flexibility index (Phi) is 4.39. The molecule has 1 aromatic heterocycles. The summed E-state index contributed by atoms with van der Waals surface area (Å²) in [6, 6.07) is 5.42. The number of piperazine rings is 1. The number of carboxylic acid groups (broad SMARTS) is 1. The maximum Gasteiger partial charge on any atom is 0.326 e. The second-order valence-electron chi connectivity index (χ2n) is 5.73. The Labute approximate surface area is 139 Å². The van der Waals surface area contributed by atoms with Gasteiger partial charge in [-0.15, -0.1) is 0 Å². The van der Waals surface area contributed by atoms with Crippen LogP contribution in [-0.4, -0.2) is 65.9 Å². The number of rotatable bonds is 3. The molecule has 3 rings (SSSR count). The van der Waals surface area contributed by atoms with Crippen molar-refractivity contribution in [2.45, 2.75) is 12.0 Å². The molecule has 3 heterocycles. The molecule has 2 saturated heterocycles. The predicted molar refractivity (Wildman–Crippen MR) is 83.6 cm³/mol. The molecule has 1 N–H and O–H groups in total. The monoisotopic (exact) mass is 336 g/mol. The maximum atomic E-state index is 11.7. The molecule has 0 radical (unpaired) electrons. The number of carboxylic acids is 1. The second-order valence-corrected chi connectivity index (χ2v) is 6.13. The number of pyridine rings is 1. The molecule has 0 amide bonds. The van der Waals surface area contributed by atoms with E-state index in [-0.39, 0.29) is 12.3 Å². The molecule has 1 unspecified atom stereocenters. The molecule has 0 aromatic carbocycles. The zero-order valence-corrected chi connectivity index (χ0v) is 13.3. The molecule has 2 fully saturated rings. The van der Waals surface area contributed by atoms with Gasteiger partial charge < -0.3 is 14.7 Å². The lowest BCUT2D eigenvalue weighted by Crippen LogP contribution is -2.61. The summed E-state index contributed by atoms with van der Waals surface area (Å²) in [6.07, 6.45) is 0.514. The first-order chi connectivity index (χ1) is 11.1. The van der Waals surface area contributed by atoms with E-state index in [1.54, 1.807) is 12.1 Å². The highest BCUT2D eigenvalue weighted by molar-refractivity contribution is 6.31. The Hall–Kier alpha value is -1.88. The summed E-state index contributed by atoms with van der Waals surface area (Å²) < 4.78 is 5.33. The third kappa shape index (κ3) is 2.85. The van der Waals surface area contributed by atoms with Crippen molar-refractivity contribution in [1.82, 2.24) is 9.88 Å². The first-order valence-corrected chi connectivity index (χ1v) is 7.82. The van der Waals surface area contributed by atoms with Crippen molar-refractivity contribution in [2.75, 3.05) is 44.3 Å². The minimum Gasteiger partial charge on any atom is -0.480 e. The van der Waals surface area contributed by atoms with Crippen molar-refractivity contribution >= 4 is 23.4 Å². The third-order valence-electron chi connectivity index (χ3n) is 4.55. The van der Waals surface area contributed by atoms with E-state index in [1.165, 1.54) is 0 Å². The van der Waals surface area contributed by atoms with Crippen molar-refractivity contribution in [2.24, 2.45) is 0 Å². The Morgan fingerprint density at radius 1 is 1.39 bits per heavy atom. The van der Waals surface area contributed by atoms with Gasteiger partial charge in [0.1, 0.15) is 17.4 Å². The van der Waals surface area contributed by atoms with Gasteiger partial charge in [-0.05, 0) is 12.1 Å². The molecule has 0 aliphatic carbocycles. The molecule has 7 nitrogen and oxygen atoms in total. The molecule has 0 spiro atoms. The Bertz CT molecular complexity index is 647. The van der Waals surface area contributed by atoms with Crippen LogP contribution in [-0.2, 0) is 9.53 Å². The van der Waals surface area contributed by atoms with Crippen LogP contribution < -0.4 is 4.90 Å². The zero-order valence-electron chi connectivity index (χ0n) is 12.5. The van der Waals surface area contributed by atoms with E-state index < -0.39 is 11.5 Å². The molecule has 1 atom stereocenters. The second kappa shape index (κ2) is 6.32. The van der Waals surface area contributed by atoms with Gasteiger partial charge in [-0.1, -0.05) is 11.6 Å². The first kappa shape index (κ1) is 16.0. The molecular weight excluding hydrogens is 320 g/mol. The van der Waals surface area contributed by atoms with Crippen LogP contribution >= 0.6 is 11.6 Å². The summed E-state index contributed by atoms with van der Waals surface area (Å²) in [5.74, 6) is -0.127. The van der Waals surface area contributed by atoms with E-state index in [2.05, 4.69) is 4.98 Å². The van der Waals surface area contributed by atoms with Crippen molar-refractivity contribution in [3.63, 3.8) is 0 Å². The van der Waals surface area contributed by atoms with Crippen molar-refractivity contribution < 1.29 is 14.6 Å². The Morgan fingerprint density at radius 3 is 2.70 bits per heavy atom. The Balaban J connectivity index is 1.71. The fraction of sp³-hybridized carbons (Fsp3) is 0.533. The first-order valence-electron chi connectivity index (χ1n) is 7.44. The summed E-state index contributed by atoms with van der Waals surface area (Å²) in [5.41, 5.74) is -0.699. The molecule has 2 aliphatic rings. The van der Waals surface area contributed by atoms with Gasteiger partial charge in [0, 0.05) is 39.2 Å². The fourth-order valence-electron chi connectivity index (χ4n) is 3.16. The number of ether oxygens (including phenoxy) is 1.